The van der Waals surface area contributed by atoms with Crippen LogP contribution in [0.5, 0.6) is 0 Å². The van der Waals surface area contributed by atoms with E-state index < -0.39 is 0 Å². The molecule has 0 saturated carbocycles. The van der Waals surface area contributed by atoms with E-state index in [9.17, 15) is 4.79 Å². The first kappa shape index (κ1) is 25.5. The van der Waals surface area contributed by atoms with E-state index >= 15 is 0 Å². The lowest BCUT2D eigenvalue weighted by molar-refractivity contribution is -0.119. The Kier molecular flexibility index (Phi) is 50.7. The van der Waals surface area contributed by atoms with Crippen LogP contribution >= 0.6 is 0 Å². The molecule has 2 heteroatoms. The summed E-state index contributed by atoms with van der Waals surface area (Å²) in [6.45, 7) is 1.000. The minimum absolute atomic E-state index is 0. The smallest absolute Gasteiger partial charge is 0.155 e. The normalized spacial score (nSPS) is 4.75. The summed E-state index contributed by atoms with van der Waals surface area (Å²) in [5.74, 6) is -0.190. The van der Waals surface area contributed by atoms with Crippen molar-refractivity contribution in [2.75, 3.05) is 6.61 Å². The zero-order chi connectivity index (χ0) is 4.28. The van der Waals surface area contributed by atoms with Gasteiger partial charge < -0.3 is 5.11 Å². The quantitative estimate of drug-likeness (QED) is 0.572. The lowest BCUT2D eigenvalue weighted by atomic mass is 10.5. The van der Waals surface area contributed by atoms with Crippen molar-refractivity contribution in [1.82, 2.24) is 0 Å². The van der Waals surface area contributed by atoms with Gasteiger partial charge in [-0.15, -0.1) is 0 Å². The first-order valence-corrected chi connectivity index (χ1v) is 1.37. The average Bonchev–Trinajstić information content (AvgIpc) is 1.38. The van der Waals surface area contributed by atoms with Crippen molar-refractivity contribution in [2.24, 2.45) is 0 Å². The molecule has 0 aromatic heterocycles. The maximum Gasteiger partial charge on any atom is 0.155 e. The number of aliphatic hydroxyl groups is 1. The van der Waals surface area contributed by atoms with Crippen molar-refractivity contribution >= 4 is 5.78 Å². The van der Waals surface area contributed by atoms with Gasteiger partial charge in [0.15, 0.2) is 5.78 Å². The van der Waals surface area contributed by atoms with Gasteiger partial charge in [-0.1, -0.05) is 22.3 Å². The van der Waals surface area contributed by atoms with Gasteiger partial charge in [0.25, 0.3) is 0 Å². The lowest BCUT2D eigenvalue weighted by Crippen LogP contribution is -1.93. The summed E-state index contributed by atoms with van der Waals surface area (Å²) in [6.07, 6.45) is 0. The molecule has 0 bridgehead atoms. The van der Waals surface area contributed by atoms with Gasteiger partial charge in [0.2, 0.25) is 0 Å². The molecule has 0 aliphatic rings. The molecule has 0 rings (SSSR count). The molecule has 1 N–H and O–H groups in total. The summed E-state index contributed by atoms with van der Waals surface area (Å²) in [6, 6.07) is 0. The molecule has 0 aromatic carbocycles. The minimum Gasteiger partial charge on any atom is -0.389 e. The Morgan fingerprint density at radius 2 is 1.50 bits per heavy atom. The standard InChI is InChI=1S/C3H6O2.3CH4/c1-3(5)2-4;;;/h4H,2H2,1H3;3*1H4. The van der Waals surface area contributed by atoms with Crippen LogP contribution in [0.1, 0.15) is 29.2 Å². The van der Waals surface area contributed by atoms with Crippen molar-refractivity contribution in [3.8, 4) is 0 Å². The number of hydrogen-bond donors (Lipinski definition) is 1. The lowest BCUT2D eigenvalue weighted by Gasteiger charge is -1.72. The third-order valence-corrected chi connectivity index (χ3v) is 0.223. The van der Waals surface area contributed by atoms with Crippen LogP contribution in [0.2, 0.25) is 0 Å². The Morgan fingerprint density at radius 3 is 1.50 bits per heavy atom. The number of carbonyl (C=O) groups is 1. The third kappa shape index (κ3) is 45.4. The first-order valence-electron chi connectivity index (χ1n) is 1.37. The van der Waals surface area contributed by atoms with E-state index in [1.165, 1.54) is 6.92 Å². The van der Waals surface area contributed by atoms with Crippen molar-refractivity contribution in [1.29, 1.82) is 0 Å². The summed E-state index contributed by atoms with van der Waals surface area (Å²) in [5, 5.41) is 7.79. The van der Waals surface area contributed by atoms with Crippen LogP contribution in [0.3, 0.4) is 0 Å². The van der Waals surface area contributed by atoms with Crippen LogP contribution in [-0.2, 0) is 4.79 Å². The molecule has 0 fully saturated rings. The van der Waals surface area contributed by atoms with Crippen molar-refractivity contribution in [3.05, 3.63) is 0 Å². The monoisotopic (exact) mass is 122 g/mol. The van der Waals surface area contributed by atoms with Gasteiger partial charge in [0, 0.05) is 0 Å². The highest BCUT2D eigenvalue weighted by Crippen LogP contribution is 1.55. The van der Waals surface area contributed by atoms with Crippen LogP contribution in [0, 0.1) is 0 Å². The number of hydrogen-bond acceptors (Lipinski definition) is 2. The van der Waals surface area contributed by atoms with Crippen LogP contribution in [0.15, 0.2) is 0 Å². The second-order valence-electron chi connectivity index (χ2n) is 0.860. The zero-order valence-corrected chi connectivity index (χ0v) is 3.06. The van der Waals surface area contributed by atoms with Gasteiger partial charge in [0.05, 0.1) is 0 Å². The number of ketones is 1. The Morgan fingerprint density at radius 1 is 1.38 bits per heavy atom. The second-order valence-corrected chi connectivity index (χ2v) is 0.860. The second kappa shape index (κ2) is 15.9. The van der Waals surface area contributed by atoms with Crippen molar-refractivity contribution in [2.45, 2.75) is 29.2 Å². The summed E-state index contributed by atoms with van der Waals surface area (Å²) in [4.78, 5) is 9.56. The van der Waals surface area contributed by atoms with E-state index in [1.54, 1.807) is 0 Å². The van der Waals surface area contributed by atoms with Crippen LogP contribution in [0.25, 0.3) is 0 Å². The summed E-state index contributed by atoms with van der Waals surface area (Å²) >= 11 is 0. The van der Waals surface area contributed by atoms with Gasteiger partial charge in [-0.05, 0) is 6.92 Å². The molecule has 0 unspecified atom stereocenters. The van der Waals surface area contributed by atoms with E-state index in [0.29, 0.717) is 0 Å². The molecule has 0 radical (unpaired) electrons. The highest BCUT2D eigenvalue weighted by Gasteiger charge is 1.78. The van der Waals surface area contributed by atoms with Gasteiger partial charge in [0.1, 0.15) is 6.61 Å². The molecule has 8 heavy (non-hydrogen) atoms. The van der Waals surface area contributed by atoms with E-state index in [0.717, 1.165) is 0 Å². The fourth-order valence-corrected chi connectivity index (χ4v) is 0. The Labute approximate surface area is 52.5 Å². The predicted molar refractivity (Wildman–Crippen MR) is 38.0 cm³/mol. The maximum atomic E-state index is 9.56. The van der Waals surface area contributed by atoms with Crippen LogP contribution in [0.4, 0.5) is 0 Å². The van der Waals surface area contributed by atoms with Crippen LogP contribution in [-0.4, -0.2) is 17.5 Å². The van der Waals surface area contributed by atoms with E-state index in [4.69, 9.17) is 5.11 Å². The molecule has 2 nitrogen and oxygen atoms in total. The largest absolute Gasteiger partial charge is 0.389 e. The number of rotatable bonds is 1. The molecule has 0 aromatic rings. The third-order valence-electron chi connectivity index (χ3n) is 0.223. The van der Waals surface area contributed by atoms with Crippen LogP contribution < -0.4 is 0 Å². The summed E-state index contributed by atoms with van der Waals surface area (Å²) < 4.78 is 0. The molecular weight excluding hydrogens is 104 g/mol. The predicted octanol–water partition coefficient (Wildman–Crippen LogP) is 1.48. The fraction of sp³-hybridized carbons (Fsp3) is 0.833. The average molecular weight is 122 g/mol. The van der Waals surface area contributed by atoms with Crippen molar-refractivity contribution in [3.63, 3.8) is 0 Å². The molecule has 0 amide bonds. The molecule has 54 valence electrons. The highest BCUT2D eigenvalue weighted by molar-refractivity contribution is 5.76. The number of aliphatic hydroxyl groups excluding tert-OH is 1. The Hall–Kier alpha value is -0.370. The zero-order valence-electron chi connectivity index (χ0n) is 3.06. The van der Waals surface area contributed by atoms with Gasteiger partial charge >= 0.3 is 0 Å². The molecule has 0 spiro atoms. The molecule has 0 atom stereocenters. The van der Waals surface area contributed by atoms with Gasteiger partial charge in [-0.3, -0.25) is 4.79 Å². The SMILES string of the molecule is C.C.C.CC(=O)CO. The molecule has 0 heterocycles. The Bertz CT molecular complexity index is 41.8. The molecule has 0 saturated heterocycles. The first-order chi connectivity index (χ1) is 2.27. The van der Waals surface area contributed by atoms with E-state index in [1.807, 2.05) is 0 Å². The minimum atomic E-state index is -0.333. The number of Topliss-reactive ketones (excluding diaryl/α,β-unsaturated/α-hetero) is 1. The fourth-order valence-electron chi connectivity index (χ4n) is 0. The van der Waals surface area contributed by atoms with E-state index in [2.05, 4.69) is 0 Å². The van der Waals surface area contributed by atoms with E-state index in [-0.39, 0.29) is 34.7 Å². The topological polar surface area (TPSA) is 37.3 Å². The molecule has 0 aliphatic carbocycles. The molecule has 0 aliphatic heterocycles. The maximum absolute atomic E-state index is 9.56. The van der Waals surface area contributed by atoms with Crippen molar-refractivity contribution < 1.29 is 9.90 Å². The summed E-state index contributed by atoms with van der Waals surface area (Å²) in [7, 11) is 0. The Balaban J connectivity index is -0.0000000267. The van der Waals surface area contributed by atoms with Gasteiger partial charge in [-0.25, -0.2) is 0 Å². The highest BCUT2D eigenvalue weighted by atomic mass is 16.3. The summed E-state index contributed by atoms with van der Waals surface area (Å²) in [5.41, 5.74) is 0. The van der Waals surface area contributed by atoms with Gasteiger partial charge in [-0.2, -0.15) is 0 Å². The molecular formula is C6H18O2. The number of carbonyl (C=O) groups excluding carboxylic acids is 1.